The van der Waals surface area contributed by atoms with Crippen LogP contribution in [0.15, 0.2) is 22.8 Å². The second kappa shape index (κ2) is 6.71. The number of rotatable bonds is 6. The van der Waals surface area contributed by atoms with E-state index in [0.29, 0.717) is 17.9 Å². The van der Waals surface area contributed by atoms with E-state index in [9.17, 15) is 5.26 Å². The molecule has 0 aliphatic heterocycles. The standard InChI is InChI=1S/C15H18N4O/c1-3-12-13(10-16)15(19-18-14(12)4-2)17-8-7-11-6-5-9-20-11/h5-6,9H,3-4,7-8H2,1-2H3,(H,17,19). The van der Waals surface area contributed by atoms with Gasteiger partial charge in [-0.25, -0.2) is 0 Å². The second-order valence-corrected chi connectivity index (χ2v) is 4.42. The van der Waals surface area contributed by atoms with Crippen molar-refractivity contribution in [3.8, 4) is 6.07 Å². The van der Waals surface area contributed by atoms with Crippen molar-refractivity contribution in [1.82, 2.24) is 10.2 Å². The number of nitrogens with zero attached hydrogens (tertiary/aromatic N) is 3. The van der Waals surface area contributed by atoms with Gasteiger partial charge in [0, 0.05) is 13.0 Å². The van der Waals surface area contributed by atoms with Crippen LogP contribution >= 0.6 is 0 Å². The summed E-state index contributed by atoms with van der Waals surface area (Å²) < 4.78 is 5.27. The van der Waals surface area contributed by atoms with E-state index in [1.807, 2.05) is 26.0 Å². The highest BCUT2D eigenvalue weighted by atomic mass is 16.3. The monoisotopic (exact) mass is 270 g/mol. The molecule has 2 heterocycles. The molecule has 5 nitrogen and oxygen atoms in total. The number of furan rings is 1. The lowest BCUT2D eigenvalue weighted by Crippen LogP contribution is -2.12. The van der Waals surface area contributed by atoms with Gasteiger partial charge in [-0.05, 0) is 30.5 Å². The van der Waals surface area contributed by atoms with Crippen molar-refractivity contribution in [3.63, 3.8) is 0 Å². The van der Waals surface area contributed by atoms with Gasteiger partial charge in [-0.15, -0.1) is 5.10 Å². The molecule has 0 fully saturated rings. The first-order valence-electron chi connectivity index (χ1n) is 6.84. The molecule has 0 aliphatic rings. The van der Waals surface area contributed by atoms with E-state index < -0.39 is 0 Å². The Morgan fingerprint density at radius 1 is 1.30 bits per heavy atom. The zero-order valence-electron chi connectivity index (χ0n) is 11.8. The molecule has 0 aromatic carbocycles. The van der Waals surface area contributed by atoms with Crippen molar-refractivity contribution in [2.75, 3.05) is 11.9 Å². The van der Waals surface area contributed by atoms with Crippen molar-refractivity contribution in [3.05, 3.63) is 41.0 Å². The zero-order chi connectivity index (χ0) is 14.4. The van der Waals surface area contributed by atoms with Crippen LogP contribution in [0.5, 0.6) is 0 Å². The van der Waals surface area contributed by atoms with Crippen LogP contribution in [0.25, 0.3) is 0 Å². The molecule has 0 unspecified atom stereocenters. The van der Waals surface area contributed by atoms with Crippen LogP contribution in [0.1, 0.15) is 36.4 Å². The maximum atomic E-state index is 9.36. The maximum Gasteiger partial charge on any atom is 0.166 e. The summed E-state index contributed by atoms with van der Waals surface area (Å²) in [5, 5.41) is 20.9. The van der Waals surface area contributed by atoms with Gasteiger partial charge >= 0.3 is 0 Å². The first-order chi connectivity index (χ1) is 9.80. The van der Waals surface area contributed by atoms with Crippen LogP contribution in [0.3, 0.4) is 0 Å². The summed E-state index contributed by atoms with van der Waals surface area (Å²) in [6, 6.07) is 6.03. The predicted molar refractivity (Wildman–Crippen MR) is 76.4 cm³/mol. The van der Waals surface area contributed by atoms with E-state index in [0.717, 1.165) is 36.3 Å². The summed E-state index contributed by atoms with van der Waals surface area (Å²) >= 11 is 0. The van der Waals surface area contributed by atoms with E-state index in [4.69, 9.17) is 4.42 Å². The number of hydrogen-bond acceptors (Lipinski definition) is 5. The molecule has 104 valence electrons. The Balaban J connectivity index is 2.13. The van der Waals surface area contributed by atoms with Gasteiger partial charge in [0.1, 0.15) is 17.4 Å². The second-order valence-electron chi connectivity index (χ2n) is 4.42. The Hall–Kier alpha value is -2.35. The first kappa shape index (κ1) is 14.1. The van der Waals surface area contributed by atoms with Crippen LogP contribution in [0.2, 0.25) is 0 Å². The smallest absolute Gasteiger partial charge is 0.166 e. The number of aryl methyl sites for hydroxylation is 1. The van der Waals surface area contributed by atoms with Gasteiger partial charge in [0.05, 0.1) is 12.0 Å². The van der Waals surface area contributed by atoms with E-state index in [-0.39, 0.29) is 0 Å². The highest BCUT2D eigenvalue weighted by Gasteiger charge is 2.13. The minimum absolute atomic E-state index is 0.563. The summed E-state index contributed by atoms with van der Waals surface area (Å²) in [5.41, 5.74) is 2.50. The highest BCUT2D eigenvalue weighted by Crippen LogP contribution is 2.19. The summed E-state index contributed by atoms with van der Waals surface area (Å²) in [5.74, 6) is 1.47. The van der Waals surface area contributed by atoms with Crippen LogP contribution < -0.4 is 5.32 Å². The fourth-order valence-electron chi connectivity index (χ4n) is 2.18. The lowest BCUT2D eigenvalue weighted by molar-refractivity contribution is 0.513. The number of nitriles is 1. The van der Waals surface area contributed by atoms with E-state index in [1.54, 1.807) is 6.26 Å². The summed E-state index contributed by atoms with van der Waals surface area (Å²) in [7, 11) is 0. The zero-order valence-corrected chi connectivity index (χ0v) is 11.8. The quantitative estimate of drug-likeness (QED) is 0.873. The Bertz CT molecular complexity index is 599. The minimum Gasteiger partial charge on any atom is -0.469 e. The number of anilines is 1. The molecule has 0 saturated heterocycles. The van der Waals surface area contributed by atoms with Gasteiger partial charge in [0.15, 0.2) is 5.82 Å². The first-order valence-corrected chi connectivity index (χ1v) is 6.84. The van der Waals surface area contributed by atoms with Gasteiger partial charge in [0.2, 0.25) is 0 Å². The molecule has 0 atom stereocenters. The Kier molecular flexibility index (Phi) is 4.72. The van der Waals surface area contributed by atoms with Crippen molar-refractivity contribution in [2.45, 2.75) is 33.1 Å². The van der Waals surface area contributed by atoms with E-state index in [2.05, 4.69) is 21.6 Å². The lowest BCUT2D eigenvalue weighted by Gasteiger charge is -2.11. The number of aromatic nitrogens is 2. The fourth-order valence-corrected chi connectivity index (χ4v) is 2.18. The predicted octanol–water partition coefficient (Wildman–Crippen LogP) is 2.72. The Morgan fingerprint density at radius 3 is 2.75 bits per heavy atom. The molecule has 0 spiro atoms. The molecule has 2 aromatic heterocycles. The molecule has 2 aromatic rings. The lowest BCUT2D eigenvalue weighted by atomic mass is 10.0. The molecule has 0 radical (unpaired) electrons. The maximum absolute atomic E-state index is 9.36. The van der Waals surface area contributed by atoms with Gasteiger partial charge in [0.25, 0.3) is 0 Å². The average molecular weight is 270 g/mol. The molecule has 0 saturated carbocycles. The number of nitrogens with one attached hydrogen (secondary N) is 1. The van der Waals surface area contributed by atoms with Crippen molar-refractivity contribution < 1.29 is 4.42 Å². The van der Waals surface area contributed by atoms with Crippen LogP contribution in [0.4, 0.5) is 5.82 Å². The Labute approximate surface area is 118 Å². The third-order valence-corrected chi connectivity index (χ3v) is 3.20. The summed E-state index contributed by atoms with van der Waals surface area (Å²) in [6.07, 6.45) is 3.98. The SMILES string of the molecule is CCc1nnc(NCCc2ccco2)c(C#N)c1CC. The van der Waals surface area contributed by atoms with E-state index in [1.165, 1.54) is 0 Å². The average Bonchev–Trinajstić information content (AvgIpc) is 2.99. The van der Waals surface area contributed by atoms with Gasteiger partial charge in [-0.2, -0.15) is 10.4 Å². The summed E-state index contributed by atoms with van der Waals surface area (Å²) in [6.45, 7) is 4.71. The van der Waals surface area contributed by atoms with E-state index >= 15 is 0 Å². The molecular weight excluding hydrogens is 252 g/mol. The third kappa shape index (κ3) is 2.97. The molecule has 20 heavy (non-hydrogen) atoms. The topological polar surface area (TPSA) is 74.7 Å². The number of hydrogen-bond donors (Lipinski definition) is 1. The van der Waals surface area contributed by atoms with Crippen molar-refractivity contribution >= 4 is 5.82 Å². The fraction of sp³-hybridized carbons (Fsp3) is 0.400. The van der Waals surface area contributed by atoms with Crippen molar-refractivity contribution in [2.24, 2.45) is 0 Å². The Morgan fingerprint density at radius 2 is 2.15 bits per heavy atom. The molecule has 0 bridgehead atoms. The normalized spacial score (nSPS) is 10.2. The van der Waals surface area contributed by atoms with Crippen LogP contribution in [0, 0.1) is 11.3 Å². The minimum atomic E-state index is 0.563. The molecule has 0 aliphatic carbocycles. The molecule has 2 rings (SSSR count). The van der Waals surface area contributed by atoms with Crippen LogP contribution in [-0.2, 0) is 19.3 Å². The largest absolute Gasteiger partial charge is 0.469 e. The van der Waals surface area contributed by atoms with Gasteiger partial charge in [-0.1, -0.05) is 13.8 Å². The molecule has 5 heteroatoms. The highest BCUT2D eigenvalue weighted by molar-refractivity contribution is 5.56. The third-order valence-electron chi connectivity index (χ3n) is 3.20. The molecular formula is C15H18N4O. The van der Waals surface area contributed by atoms with Gasteiger partial charge < -0.3 is 9.73 Å². The molecule has 1 N–H and O–H groups in total. The van der Waals surface area contributed by atoms with Crippen LogP contribution in [-0.4, -0.2) is 16.7 Å². The summed E-state index contributed by atoms with van der Waals surface area (Å²) in [4.78, 5) is 0. The van der Waals surface area contributed by atoms with Gasteiger partial charge in [-0.3, -0.25) is 0 Å². The molecule has 0 amide bonds. The van der Waals surface area contributed by atoms with Crippen molar-refractivity contribution in [1.29, 1.82) is 5.26 Å².